The van der Waals surface area contributed by atoms with Crippen LogP contribution in [0, 0.1) is 0 Å². The summed E-state index contributed by atoms with van der Waals surface area (Å²) in [6, 6.07) is 7.58. The zero-order valence-electron chi connectivity index (χ0n) is 9.03. The largest absolute Gasteiger partial charge is 0.319 e. The molecule has 1 heterocycles. The Bertz CT molecular complexity index is 565. The van der Waals surface area contributed by atoms with Crippen molar-refractivity contribution >= 4 is 21.7 Å². The van der Waals surface area contributed by atoms with Crippen molar-refractivity contribution in [2.24, 2.45) is 5.10 Å². The Hall–Kier alpha value is -1.73. The molecule has 1 aromatic rings. The maximum absolute atomic E-state index is 11.8. The third kappa shape index (κ3) is 2.51. The maximum Gasteiger partial charge on any atom is 0.319 e. The topological polar surface area (TPSA) is 76.0 Å². The fourth-order valence-electron chi connectivity index (χ4n) is 1.31. The minimum Gasteiger partial charge on any atom is -0.270 e. The van der Waals surface area contributed by atoms with Gasteiger partial charge in [0.15, 0.2) is 0 Å². The molecule has 0 bridgehead atoms. The standard InChI is InChI=1S/C10H10N2O4S/c1-8-7-10(13)12(11-8)16-17(14,15)9-5-3-2-4-6-9/h2-6H,7H2,1H3. The van der Waals surface area contributed by atoms with E-state index in [4.69, 9.17) is 0 Å². The van der Waals surface area contributed by atoms with Crippen molar-refractivity contribution in [1.29, 1.82) is 0 Å². The highest BCUT2D eigenvalue weighted by molar-refractivity contribution is 7.86. The molecule has 0 fully saturated rings. The molecule has 2 rings (SSSR count). The number of amides is 1. The van der Waals surface area contributed by atoms with Gasteiger partial charge in [-0.25, -0.2) is 0 Å². The molecule has 0 aliphatic carbocycles. The van der Waals surface area contributed by atoms with Crippen LogP contribution < -0.4 is 0 Å². The first-order chi connectivity index (χ1) is 7.99. The molecule has 1 aliphatic rings. The average molecular weight is 254 g/mol. The molecular formula is C10H10N2O4S. The summed E-state index contributed by atoms with van der Waals surface area (Å²) in [6.07, 6.45) is 0.0737. The van der Waals surface area contributed by atoms with Gasteiger partial charge in [0.1, 0.15) is 0 Å². The van der Waals surface area contributed by atoms with Crippen molar-refractivity contribution < 1.29 is 17.5 Å². The Balaban J connectivity index is 2.22. The van der Waals surface area contributed by atoms with E-state index in [1.54, 1.807) is 25.1 Å². The van der Waals surface area contributed by atoms with Gasteiger partial charge in [-0.1, -0.05) is 23.4 Å². The Labute approximate surface area is 98.6 Å². The van der Waals surface area contributed by atoms with Crippen molar-refractivity contribution in [2.45, 2.75) is 18.2 Å². The van der Waals surface area contributed by atoms with Crippen LogP contribution in [0.15, 0.2) is 40.3 Å². The molecule has 0 unspecified atom stereocenters. The number of nitrogens with zero attached hydrogens (tertiary/aromatic N) is 2. The molecule has 90 valence electrons. The lowest BCUT2D eigenvalue weighted by Gasteiger charge is -2.10. The molecule has 0 saturated heterocycles. The average Bonchev–Trinajstić information content (AvgIpc) is 2.58. The molecule has 6 nitrogen and oxygen atoms in total. The van der Waals surface area contributed by atoms with E-state index >= 15 is 0 Å². The molecule has 0 N–H and O–H groups in total. The SMILES string of the molecule is CC1=NN(OS(=O)(=O)c2ccccc2)C(=O)C1. The Morgan fingerprint density at radius 2 is 1.94 bits per heavy atom. The molecule has 1 amide bonds. The molecule has 1 aromatic carbocycles. The van der Waals surface area contributed by atoms with Crippen molar-refractivity contribution in [3.8, 4) is 0 Å². The molecule has 7 heteroatoms. The summed E-state index contributed by atoms with van der Waals surface area (Å²) in [5.74, 6) is -0.498. The minimum atomic E-state index is -4.00. The van der Waals surface area contributed by atoms with E-state index in [2.05, 4.69) is 9.39 Å². The first-order valence-corrected chi connectivity index (χ1v) is 6.26. The number of rotatable bonds is 3. The van der Waals surface area contributed by atoms with Crippen molar-refractivity contribution in [2.75, 3.05) is 0 Å². The monoisotopic (exact) mass is 254 g/mol. The first-order valence-electron chi connectivity index (χ1n) is 4.86. The fourth-order valence-corrected chi connectivity index (χ4v) is 2.19. The second kappa shape index (κ2) is 4.27. The van der Waals surface area contributed by atoms with Crippen LogP contribution in [-0.4, -0.2) is 25.2 Å². The Morgan fingerprint density at radius 3 is 2.47 bits per heavy atom. The van der Waals surface area contributed by atoms with Gasteiger partial charge in [0, 0.05) is 5.71 Å². The second-order valence-corrected chi connectivity index (χ2v) is 5.05. The summed E-state index contributed by atoms with van der Waals surface area (Å²) >= 11 is 0. The third-order valence-corrected chi connectivity index (χ3v) is 3.27. The van der Waals surface area contributed by atoms with Gasteiger partial charge in [-0.3, -0.25) is 4.79 Å². The number of benzene rings is 1. The van der Waals surface area contributed by atoms with Gasteiger partial charge < -0.3 is 0 Å². The quantitative estimate of drug-likeness (QED) is 0.803. The summed E-state index contributed by atoms with van der Waals surface area (Å²) in [4.78, 5) is 11.3. The van der Waals surface area contributed by atoms with Crippen molar-refractivity contribution in [1.82, 2.24) is 5.17 Å². The van der Waals surface area contributed by atoms with Crippen LogP contribution in [0.1, 0.15) is 13.3 Å². The highest BCUT2D eigenvalue weighted by Gasteiger charge is 2.28. The third-order valence-electron chi connectivity index (χ3n) is 2.08. The molecule has 0 radical (unpaired) electrons. The number of hydroxylamine groups is 1. The Morgan fingerprint density at radius 1 is 1.29 bits per heavy atom. The summed E-state index contributed by atoms with van der Waals surface area (Å²) in [5.41, 5.74) is 0.512. The van der Waals surface area contributed by atoms with Crippen LogP contribution in [0.3, 0.4) is 0 Å². The van der Waals surface area contributed by atoms with E-state index in [0.29, 0.717) is 10.9 Å². The van der Waals surface area contributed by atoms with Crippen LogP contribution in [-0.2, 0) is 19.2 Å². The van der Waals surface area contributed by atoms with Gasteiger partial charge >= 0.3 is 10.1 Å². The van der Waals surface area contributed by atoms with Crippen LogP contribution >= 0.6 is 0 Å². The first kappa shape index (κ1) is 11.7. The predicted molar refractivity (Wildman–Crippen MR) is 59.3 cm³/mol. The van der Waals surface area contributed by atoms with Crippen LogP contribution in [0.5, 0.6) is 0 Å². The maximum atomic E-state index is 11.8. The molecule has 0 spiro atoms. The Kier molecular flexibility index (Phi) is 2.95. The minimum absolute atomic E-state index is 0.0208. The van der Waals surface area contributed by atoms with Crippen molar-refractivity contribution in [3.63, 3.8) is 0 Å². The fraction of sp³-hybridized carbons (Fsp3) is 0.200. The van der Waals surface area contributed by atoms with Gasteiger partial charge in [-0.2, -0.15) is 13.5 Å². The highest BCUT2D eigenvalue weighted by Crippen LogP contribution is 2.17. The summed E-state index contributed by atoms with van der Waals surface area (Å²) < 4.78 is 28.1. The lowest BCUT2D eigenvalue weighted by atomic mass is 10.3. The normalized spacial score (nSPS) is 16.2. The predicted octanol–water partition coefficient (Wildman–Crippen LogP) is 0.915. The highest BCUT2D eigenvalue weighted by atomic mass is 32.2. The zero-order valence-corrected chi connectivity index (χ0v) is 9.85. The number of carbonyl (C=O) groups excluding carboxylic acids is 1. The van der Waals surface area contributed by atoms with Crippen molar-refractivity contribution in [3.05, 3.63) is 30.3 Å². The van der Waals surface area contributed by atoms with E-state index in [9.17, 15) is 13.2 Å². The molecule has 1 aliphatic heterocycles. The molecule has 0 atom stereocenters. The van der Waals surface area contributed by atoms with Crippen LogP contribution in [0.4, 0.5) is 0 Å². The molecular weight excluding hydrogens is 244 g/mol. The van der Waals surface area contributed by atoms with E-state index in [1.165, 1.54) is 12.1 Å². The van der Waals surface area contributed by atoms with E-state index in [1.807, 2.05) is 0 Å². The number of hydrazone groups is 1. The lowest BCUT2D eigenvalue weighted by Crippen LogP contribution is -2.25. The second-order valence-electron chi connectivity index (χ2n) is 3.52. The van der Waals surface area contributed by atoms with Gasteiger partial charge in [-0.15, -0.1) is 4.28 Å². The smallest absolute Gasteiger partial charge is 0.270 e. The molecule has 0 aromatic heterocycles. The summed E-state index contributed by atoms with van der Waals surface area (Å²) in [7, 11) is -4.00. The van der Waals surface area contributed by atoms with E-state index in [-0.39, 0.29) is 11.3 Å². The lowest BCUT2D eigenvalue weighted by molar-refractivity contribution is -0.152. The summed E-state index contributed by atoms with van der Waals surface area (Å²) in [5, 5.41) is 4.19. The van der Waals surface area contributed by atoms with Gasteiger partial charge in [0.25, 0.3) is 5.91 Å². The summed E-state index contributed by atoms with van der Waals surface area (Å²) in [6.45, 7) is 1.62. The molecule has 17 heavy (non-hydrogen) atoms. The number of carbonyl (C=O) groups is 1. The number of hydrogen-bond donors (Lipinski definition) is 0. The van der Waals surface area contributed by atoms with Crippen LogP contribution in [0.25, 0.3) is 0 Å². The number of hydrogen-bond acceptors (Lipinski definition) is 5. The van der Waals surface area contributed by atoms with E-state index < -0.39 is 16.0 Å². The van der Waals surface area contributed by atoms with Crippen LogP contribution in [0.2, 0.25) is 0 Å². The zero-order chi connectivity index (χ0) is 12.5. The molecule has 0 saturated carbocycles. The van der Waals surface area contributed by atoms with Gasteiger partial charge in [0.2, 0.25) is 0 Å². The van der Waals surface area contributed by atoms with Gasteiger partial charge in [0.05, 0.1) is 11.3 Å². The van der Waals surface area contributed by atoms with E-state index in [0.717, 1.165) is 0 Å². The van der Waals surface area contributed by atoms with Gasteiger partial charge in [-0.05, 0) is 19.1 Å².